The second-order valence-electron chi connectivity index (χ2n) is 6.45. The largest absolute Gasteiger partial charge is 0.497 e. The minimum Gasteiger partial charge on any atom is -0.497 e. The van der Waals surface area contributed by atoms with Gasteiger partial charge < -0.3 is 4.74 Å². The van der Waals surface area contributed by atoms with E-state index in [9.17, 15) is 13.2 Å². The number of anilines is 2. The molecule has 6 nitrogen and oxygen atoms in total. The Hall–Kier alpha value is -3.58. The second-order valence-corrected chi connectivity index (χ2v) is 8.30. The number of urea groups is 1. The number of carbonyl (C=O) groups is 1. The zero-order chi connectivity index (χ0) is 21.6. The molecule has 0 saturated heterocycles. The van der Waals surface area contributed by atoms with E-state index in [4.69, 9.17) is 4.74 Å². The summed E-state index contributed by atoms with van der Waals surface area (Å²) in [6, 6.07) is 23.9. The van der Waals surface area contributed by atoms with Crippen LogP contribution in [0.3, 0.4) is 0 Å². The Kier molecular flexibility index (Phi) is 6.54. The summed E-state index contributed by atoms with van der Waals surface area (Å²) < 4.78 is 32.9. The van der Waals surface area contributed by atoms with Crippen LogP contribution >= 0.6 is 0 Å². The van der Waals surface area contributed by atoms with Gasteiger partial charge in [-0.2, -0.15) is 0 Å². The Labute approximate surface area is 176 Å². The summed E-state index contributed by atoms with van der Waals surface area (Å²) in [5.41, 5.74) is 1.74. The fourth-order valence-corrected chi connectivity index (χ4v) is 3.60. The summed E-state index contributed by atoms with van der Waals surface area (Å²) in [4.78, 5) is 14.3. The molecule has 0 heterocycles. The first-order chi connectivity index (χ1) is 14.4. The third-order valence-corrected chi connectivity index (χ3v) is 5.75. The lowest BCUT2D eigenvalue weighted by molar-refractivity contribution is 0.253. The highest BCUT2D eigenvalue weighted by molar-refractivity contribution is 7.94. The molecule has 3 rings (SSSR count). The van der Waals surface area contributed by atoms with Crippen molar-refractivity contribution in [3.63, 3.8) is 0 Å². The van der Waals surface area contributed by atoms with Gasteiger partial charge in [-0.3, -0.25) is 4.90 Å². The van der Waals surface area contributed by atoms with E-state index in [1.165, 1.54) is 25.0 Å². The van der Waals surface area contributed by atoms with Crippen LogP contribution in [0.4, 0.5) is 16.2 Å². The lowest BCUT2D eigenvalue weighted by Gasteiger charge is -2.23. The zero-order valence-corrected chi connectivity index (χ0v) is 17.5. The average Bonchev–Trinajstić information content (AvgIpc) is 2.75. The fraction of sp³-hybridized carbons (Fsp3) is 0.0870. The Balaban J connectivity index is 1.89. The van der Waals surface area contributed by atoms with E-state index in [1.807, 2.05) is 12.1 Å². The molecule has 0 bridgehead atoms. The maximum atomic E-state index is 13.0. The molecule has 0 aliphatic heterocycles. The number of rotatable bonds is 6. The van der Waals surface area contributed by atoms with Gasteiger partial charge in [0.1, 0.15) is 5.75 Å². The first-order valence-corrected chi connectivity index (χ1v) is 10.7. The lowest BCUT2D eigenvalue weighted by atomic mass is 10.2. The van der Waals surface area contributed by atoms with Gasteiger partial charge in [-0.25, -0.2) is 17.9 Å². The number of nitrogens with zero attached hydrogens (tertiary/aromatic N) is 1. The molecule has 3 aromatic carbocycles. The highest BCUT2D eigenvalue weighted by atomic mass is 32.2. The lowest BCUT2D eigenvalue weighted by Crippen LogP contribution is -2.40. The molecule has 30 heavy (non-hydrogen) atoms. The summed E-state index contributed by atoms with van der Waals surface area (Å²) in [6.07, 6.45) is 1.48. The van der Waals surface area contributed by atoms with Crippen LogP contribution in [0, 0.1) is 0 Å². The van der Waals surface area contributed by atoms with Gasteiger partial charge in [0.05, 0.1) is 23.4 Å². The van der Waals surface area contributed by atoms with E-state index >= 15 is 0 Å². The van der Waals surface area contributed by atoms with Crippen LogP contribution in [0.2, 0.25) is 0 Å². The van der Waals surface area contributed by atoms with Crippen LogP contribution < -0.4 is 14.4 Å². The monoisotopic (exact) mass is 422 g/mol. The highest BCUT2D eigenvalue weighted by Crippen LogP contribution is 2.25. The third-order valence-electron chi connectivity index (χ3n) is 4.34. The van der Waals surface area contributed by atoms with Crippen molar-refractivity contribution in [1.82, 2.24) is 4.72 Å². The van der Waals surface area contributed by atoms with Crippen molar-refractivity contribution in [2.45, 2.75) is 6.92 Å². The normalized spacial score (nSPS) is 11.6. The number of nitrogens with one attached hydrogen (secondary N) is 1. The summed E-state index contributed by atoms with van der Waals surface area (Å²) >= 11 is 0. The molecule has 3 aromatic rings. The van der Waals surface area contributed by atoms with E-state index < -0.39 is 16.1 Å². The second kappa shape index (κ2) is 9.28. The molecule has 0 unspecified atom stereocenters. The number of para-hydroxylation sites is 2. The minimum absolute atomic E-state index is 0.00479. The van der Waals surface area contributed by atoms with Crippen LogP contribution in [0.1, 0.15) is 12.5 Å². The molecule has 0 fully saturated rings. The number of hydrogen-bond donors (Lipinski definition) is 1. The number of benzene rings is 3. The Bertz CT molecular complexity index is 1100. The van der Waals surface area contributed by atoms with Crippen LogP contribution in [-0.2, 0) is 10.0 Å². The number of ether oxygens (including phenoxy) is 1. The van der Waals surface area contributed by atoms with E-state index in [0.29, 0.717) is 22.7 Å². The van der Waals surface area contributed by atoms with Crippen LogP contribution in [0.5, 0.6) is 5.75 Å². The van der Waals surface area contributed by atoms with E-state index in [0.717, 1.165) is 0 Å². The molecule has 0 aliphatic carbocycles. The summed E-state index contributed by atoms with van der Waals surface area (Å²) in [5.74, 6) is 0.609. The first kappa shape index (κ1) is 21.1. The van der Waals surface area contributed by atoms with Gasteiger partial charge in [-0.15, -0.1) is 0 Å². The van der Waals surface area contributed by atoms with Crippen molar-refractivity contribution >= 4 is 33.5 Å². The quantitative estimate of drug-likeness (QED) is 0.611. The summed E-state index contributed by atoms with van der Waals surface area (Å²) in [7, 11) is -2.52. The van der Waals surface area contributed by atoms with Crippen molar-refractivity contribution in [3.05, 3.63) is 95.4 Å². The zero-order valence-electron chi connectivity index (χ0n) is 16.6. The number of methoxy groups -OCH3 is 1. The van der Waals surface area contributed by atoms with E-state index in [2.05, 4.69) is 4.72 Å². The van der Waals surface area contributed by atoms with Gasteiger partial charge >= 0.3 is 6.03 Å². The van der Waals surface area contributed by atoms with Crippen molar-refractivity contribution in [2.24, 2.45) is 0 Å². The predicted octanol–water partition coefficient (Wildman–Crippen LogP) is 4.93. The molecule has 0 aromatic heterocycles. The van der Waals surface area contributed by atoms with Crippen molar-refractivity contribution in [1.29, 1.82) is 0 Å². The molecule has 0 atom stereocenters. The van der Waals surface area contributed by atoms with Gasteiger partial charge in [-0.05, 0) is 55.0 Å². The molecule has 0 spiro atoms. The molecule has 154 valence electrons. The van der Waals surface area contributed by atoms with E-state index in [1.54, 1.807) is 72.8 Å². The van der Waals surface area contributed by atoms with Crippen molar-refractivity contribution < 1.29 is 17.9 Å². The third kappa shape index (κ3) is 5.07. The molecule has 0 aliphatic rings. The Morgan fingerprint density at radius 2 is 1.47 bits per heavy atom. The molecule has 2 amide bonds. The van der Waals surface area contributed by atoms with Gasteiger partial charge in [-0.1, -0.05) is 48.5 Å². The maximum absolute atomic E-state index is 13.0. The molecule has 7 heteroatoms. The number of carbonyl (C=O) groups excluding carboxylic acids is 1. The number of allylic oxidation sites excluding steroid dienone is 1. The average molecular weight is 423 g/mol. The van der Waals surface area contributed by atoms with E-state index in [-0.39, 0.29) is 4.91 Å². The Morgan fingerprint density at radius 1 is 0.900 bits per heavy atom. The number of hydrogen-bond acceptors (Lipinski definition) is 4. The first-order valence-electron chi connectivity index (χ1n) is 9.20. The predicted molar refractivity (Wildman–Crippen MR) is 119 cm³/mol. The standard InChI is InChI=1S/C23H22N2O4S/c1-18(16-19-10-9-15-22(17-19)29-2)30(27,28)24-23(26)25(20-11-5-3-6-12-20)21-13-7-4-8-14-21/h3-17H,1-2H3,(H,24,26)/b18-16+. The smallest absolute Gasteiger partial charge is 0.340 e. The summed E-state index contributed by atoms with van der Waals surface area (Å²) in [5, 5.41) is 0. The molecular formula is C23H22N2O4S. The molecule has 0 radical (unpaired) electrons. The molecule has 1 N–H and O–H groups in total. The van der Waals surface area contributed by atoms with Crippen LogP contribution in [0.15, 0.2) is 89.8 Å². The molecule has 0 saturated carbocycles. The van der Waals surface area contributed by atoms with Crippen LogP contribution in [-0.4, -0.2) is 21.6 Å². The van der Waals surface area contributed by atoms with Crippen molar-refractivity contribution in [3.8, 4) is 5.75 Å². The van der Waals surface area contributed by atoms with Crippen LogP contribution in [0.25, 0.3) is 6.08 Å². The van der Waals surface area contributed by atoms with Gasteiger partial charge in [0.2, 0.25) is 0 Å². The minimum atomic E-state index is -4.06. The fourth-order valence-electron chi connectivity index (χ4n) is 2.82. The topological polar surface area (TPSA) is 75.7 Å². The number of amides is 2. The Morgan fingerprint density at radius 3 is 2.00 bits per heavy atom. The van der Waals surface area contributed by atoms with Gasteiger partial charge in [0, 0.05) is 0 Å². The molecular weight excluding hydrogens is 400 g/mol. The SMILES string of the molecule is COc1cccc(/C=C(\C)S(=O)(=O)NC(=O)N(c2ccccc2)c2ccccc2)c1. The van der Waals surface area contributed by atoms with Crippen molar-refractivity contribution in [2.75, 3.05) is 12.0 Å². The summed E-state index contributed by atoms with van der Waals surface area (Å²) in [6.45, 7) is 1.43. The number of sulfonamides is 1. The van der Waals surface area contributed by atoms with Gasteiger partial charge in [0.25, 0.3) is 10.0 Å². The maximum Gasteiger partial charge on any atom is 0.340 e. The highest BCUT2D eigenvalue weighted by Gasteiger charge is 2.24. The van der Waals surface area contributed by atoms with Gasteiger partial charge in [0.15, 0.2) is 0 Å².